The van der Waals surface area contributed by atoms with E-state index in [9.17, 15) is 18.0 Å². The number of carbonyl (C=O) groups is 1. The number of rotatable bonds is 2. The molecule has 0 aliphatic carbocycles. The van der Waals surface area contributed by atoms with Gasteiger partial charge in [0.2, 0.25) is 5.95 Å². The molecule has 0 bridgehead atoms. The van der Waals surface area contributed by atoms with Gasteiger partial charge in [-0.2, -0.15) is 4.39 Å². The standard InChI is InChI=1S/C7H4F3NO2/c8-5(9)3-1-2-11-6(10)4(3)7(12)13/h1-2,5H,(H,12,13). The molecule has 3 nitrogen and oxygen atoms in total. The van der Waals surface area contributed by atoms with Gasteiger partial charge in [0.05, 0.1) is 0 Å². The van der Waals surface area contributed by atoms with E-state index < -0.39 is 29.5 Å². The van der Waals surface area contributed by atoms with Gasteiger partial charge in [-0.3, -0.25) is 0 Å². The van der Waals surface area contributed by atoms with Crippen LogP contribution in [-0.4, -0.2) is 16.1 Å². The highest BCUT2D eigenvalue weighted by Crippen LogP contribution is 2.23. The fraction of sp³-hybridized carbons (Fsp3) is 0.143. The van der Waals surface area contributed by atoms with Crippen molar-refractivity contribution in [1.29, 1.82) is 0 Å². The summed E-state index contributed by atoms with van der Waals surface area (Å²) in [6.45, 7) is 0. The first-order chi connectivity index (χ1) is 6.04. The van der Waals surface area contributed by atoms with Crippen molar-refractivity contribution in [2.75, 3.05) is 0 Å². The van der Waals surface area contributed by atoms with Crippen LogP contribution in [0, 0.1) is 5.95 Å². The second kappa shape index (κ2) is 3.42. The number of aromatic nitrogens is 1. The molecular weight excluding hydrogens is 187 g/mol. The topological polar surface area (TPSA) is 50.2 Å². The van der Waals surface area contributed by atoms with Crippen molar-refractivity contribution in [3.05, 3.63) is 29.3 Å². The number of alkyl halides is 2. The highest BCUT2D eigenvalue weighted by atomic mass is 19.3. The van der Waals surface area contributed by atoms with Crippen molar-refractivity contribution in [2.24, 2.45) is 0 Å². The fourth-order valence-electron chi connectivity index (χ4n) is 0.844. The van der Waals surface area contributed by atoms with Crippen LogP contribution in [0.5, 0.6) is 0 Å². The van der Waals surface area contributed by atoms with Crippen LogP contribution in [0.4, 0.5) is 13.2 Å². The summed E-state index contributed by atoms with van der Waals surface area (Å²) in [4.78, 5) is 13.3. The minimum Gasteiger partial charge on any atom is -0.478 e. The third-order valence-electron chi connectivity index (χ3n) is 1.39. The second-order valence-electron chi connectivity index (χ2n) is 2.17. The van der Waals surface area contributed by atoms with E-state index in [0.717, 1.165) is 12.3 Å². The number of hydrogen-bond donors (Lipinski definition) is 1. The van der Waals surface area contributed by atoms with Gasteiger partial charge in [-0.1, -0.05) is 0 Å². The van der Waals surface area contributed by atoms with E-state index in [4.69, 9.17) is 5.11 Å². The third kappa shape index (κ3) is 1.77. The minimum atomic E-state index is -3.02. The average Bonchev–Trinajstić information content (AvgIpc) is 2.02. The van der Waals surface area contributed by atoms with Crippen LogP contribution in [0.1, 0.15) is 22.3 Å². The fourth-order valence-corrected chi connectivity index (χ4v) is 0.844. The number of nitrogens with zero attached hydrogens (tertiary/aromatic N) is 1. The molecule has 0 radical (unpaired) electrons. The Hall–Kier alpha value is -1.59. The van der Waals surface area contributed by atoms with Crippen LogP contribution in [0.15, 0.2) is 12.3 Å². The molecule has 0 aliphatic heterocycles. The summed E-state index contributed by atoms with van der Waals surface area (Å²) in [6.07, 6.45) is -2.23. The van der Waals surface area contributed by atoms with Crippen LogP contribution in [0.2, 0.25) is 0 Å². The highest BCUT2D eigenvalue weighted by molar-refractivity contribution is 5.89. The molecule has 0 aromatic carbocycles. The number of carboxylic acid groups (broad SMARTS) is 1. The molecule has 1 rings (SSSR count). The summed E-state index contributed by atoms with van der Waals surface area (Å²) in [5, 5.41) is 8.38. The molecule has 0 fully saturated rings. The average molecular weight is 191 g/mol. The van der Waals surface area contributed by atoms with Gasteiger partial charge in [0, 0.05) is 11.8 Å². The summed E-state index contributed by atoms with van der Waals surface area (Å²) in [5.74, 6) is -3.15. The lowest BCUT2D eigenvalue weighted by atomic mass is 10.1. The van der Waals surface area contributed by atoms with E-state index in [2.05, 4.69) is 4.98 Å². The van der Waals surface area contributed by atoms with Crippen molar-refractivity contribution < 1.29 is 23.1 Å². The predicted octanol–water partition coefficient (Wildman–Crippen LogP) is 1.86. The Kier molecular flexibility index (Phi) is 2.50. The maximum Gasteiger partial charge on any atom is 0.340 e. The summed E-state index contributed by atoms with van der Waals surface area (Å²) in [5.41, 5.74) is -1.93. The Balaban J connectivity index is 3.34. The van der Waals surface area contributed by atoms with Crippen molar-refractivity contribution in [2.45, 2.75) is 6.43 Å². The molecule has 1 aromatic heterocycles. The Morgan fingerprint density at radius 3 is 2.54 bits per heavy atom. The number of halogens is 3. The van der Waals surface area contributed by atoms with Crippen LogP contribution < -0.4 is 0 Å². The van der Waals surface area contributed by atoms with Gasteiger partial charge in [-0.05, 0) is 6.07 Å². The van der Waals surface area contributed by atoms with E-state index in [0.29, 0.717) is 0 Å². The summed E-state index contributed by atoms with van der Waals surface area (Å²) in [6, 6.07) is 0.775. The van der Waals surface area contributed by atoms with E-state index in [-0.39, 0.29) is 0 Å². The Labute approximate surface area is 70.8 Å². The van der Waals surface area contributed by atoms with E-state index >= 15 is 0 Å². The summed E-state index contributed by atoms with van der Waals surface area (Å²) in [7, 11) is 0. The zero-order valence-corrected chi connectivity index (χ0v) is 6.17. The van der Waals surface area contributed by atoms with E-state index in [1.165, 1.54) is 0 Å². The first kappa shape index (κ1) is 9.50. The zero-order chi connectivity index (χ0) is 10.0. The maximum absolute atomic E-state index is 12.6. The molecule has 1 N–H and O–H groups in total. The number of carboxylic acids is 1. The first-order valence-electron chi connectivity index (χ1n) is 3.20. The van der Waals surface area contributed by atoms with Crippen LogP contribution in [-0.2, 0) is 0 Å². The number of aromatic carboxylic acids is 1. The number of hydrogen-bond acceptors (Lipinski definition) is 2. The molecule has 1 heterocycles. The van der Waals surface area contributed by atoms with Crippen LogP contribution >= 0.6 is 0 Å². The molecule has 0 saturated heterocycles. The molecule has 6 heteroatoms. The molecule has 1 aromatic rings. The van der Waals surface area contributed by atoms with Crippen molar-refractivity contribution in [3.63, 3.8) is 0 Å². The quantitative estimate of drug-likeness (QED) is 0.725. The van der Waals surface area contributed by atoms with Crippen molar-refractivity contribution >= 4 is 5.97 Å². The largest absolute Gasteiger partial charge is 0.478 e. The lowest BCUT2D eigenvalue weighted by Gasteiger charge is -2.03. The Bertz CT molecular complexity index is 341. The SMILES string of the molecule is O=C(O)c1c(C(F)F)ccnc1F. The Morgan fingerprint density at radius 2 is 2.15 bits per heavy atom. The van der Waals surface area contributed by atoms with Gasteiger partial charge in [-0.15, -0.1) is 0 Å². The van der Waals surface area contributed by atoms with E-state index in [1.54, 1.807) is 0 Å². The third-order valence-corrected chi connectivity index (χ3v) is 1.39. The van der Waals surface area contributed by atoms with Gasteiger partial charge in [-0.25, -0.2) is 18.6 Å². The lowest BCUT2D eigenvalue weighted by Crippen LogP contribution is -2.07. The van der Waals surface area contributed by atoms with E-state index in [1.807, 2.05) is 0 Å². The number of pyridine rings is 1. The zero-order valence-electron chi connectivity index (χ0n) is 6.17. The van der Waals surface area contributed by atoms with Gasteiger partial charge in [0.1, 0.15) is 5.56 Å². The molecule has 0 saturated carbocycles. The summed E-state index contributed by atoms with van der Waals surface area (Å²) < 4.78 is 36.9. The molecule has 0 spiro atoms. The second-order valence-corrected chi connectivity index (χ2v) is 2.17. The van der Waals surface area contributed by atoms with Crippen molar-refractivity contribution in [3.8, 4) is 0 Å². The molecular formula is C7H4F3NO2. The first-order valence-corrected chi connectivity index (χ1v) is 3.20. The molecule has 13 heavy (non-hydrogen) atoms. The highest BCUT2D eigenvalue weighted by Gasteiger charge is 2.22. The molecule has 70 valence electrons. The smallest absolute Gasteiger partial charge is 0.340 e. The lowest BCUT2D eigenvalue weighted by molar-refractivity contribution is 0.0677. The van der Waals surface area contributed by atoms with Gasteiger partial charge in [0.25, 0.3) is 6.43 Å². The molecule has 0 atom stereocenters. The van der Waals surface area contributed by atoms with Gasteiger partial charge in [0.15, 0.2) is 0 Å². The van der Waals surface area contributed by atoms with Crippen LogP contribution in [0.25, 0.3) is 0 Å². The van der Waals surface area contributed by atoms with Crippen LogP contribution in [0.3, 0.4) is 0 Å². The van der Waals surface area contributed by atoms with Gasteiger partial charge >= 0.3 is 5.97 Å². The Morgan fingerprint density at radius 1 is 1.54 bits per heavy atom. The van der Waals surface area contributed by atoms with Gasteiger partial charge < -0.3 is 5.11 Å². The maximum atomic E-state index is 12.6. The molecule has 0 aliphatic rings. The minimum absolute atomic E-state index is 0.775. The van der Waals surface area contributed by atoms with Crippen molar-refractivity contribution in [1.82, 2.24) is 4.98 Å². The normalized spacial score (nSPS) is 10.5. The molecule has 0 amide bonds. The monoisotopic (exact) mass is 191 g/mol. The molecule has 0 unspecified atom stereocenters. The predicted molar refractivity (Wildman–Crippen MR) is 36.1 cm³/mol. The summed E-state index contributed by atoms with van der Waals surface area (Å²) >= 11 is 0.